The van der Waals surface area contributed by atoms with Crippen LogP contribution in [0.1, 0.15) is 6.92 Å². The van der Waals surface area contributed by atoms with Crippen molar-refractivity contribution in [2.75, 3.05) is 19.4 Å². The first-order valence-electron chi connectivity index (χ1n) is 6.24. The summed E-state index contributed by atoms with van der Waals surface area (Å²) in [5.74, 6) is -1.96. The summed E-state index contributed by atoms with van der Waals surface area (Å²) in [5.41, 5.74) is 0.579. The van der Waals surface area contributed by atoms with Gasteiger partial charge in [0.05, 0.1) is 6.04 Å². The van der Waals surface area contributed by atoms with Gasteiger partial charge in [0.25, 0.3) is 0 Å². The molecule has 0 aliphatic heterocycles. The predicted octanol–water partition coefficient (Wildman–Crippen LogP) is 3.13. The van der Waals surface area contributed by atoms with Crippen molar-refractivity contribution < 1.29 is 9.59 Å². The molecule has 0 radical (unpaired) electrons. The van der Waals surface area contributed by atoms with Gasteiger partial charge in [0.2, 0.25) is 9.70 Å². The van der Waals surface area contributed by atoms with Crippen LogP contribution in [0.5, 0.6) is 0 Å². The lowest BCUT2D eigenvalue weighted by molar-refractivity contribution is -0.132. The third-order valence-corrected chi connectivity index (χ3v) is 3.64. The fraction of sp³-hybridized carbons (Fsp3) is 0.429. The maximum Gasteiger partial charge on any atom is 0.236 e. The number of amides is 1. The first kappa shape index (κ1) is 18.2. The molecule has 0 saturated carbocycles. The number of carbonyl (C=O) groups is 2. The number of benzene rings is 1. The van der Waals surface area contributed by atoms with Crippen LogP contribution in [-0.4, -0.2) is 40.5 Å². The molecule has 1 N–H and O–H groups in total. The molecule has 1 aromatic carbocycles. The van der Waals surface area contributed by atoms with Gasteiger partial charge in [-0.15, -0.1) is 0 Å². The van der Waals surface area contributed by atoms with E-state index >= 15 is 0 Å². The van der Waals surface area contributed by atoms with Crippen LogP contribution in [0, 0.1) is 5.92 Å². The van der Waals surface area contributed by atoms with E-state index in [-0.39, 0.29) is 5.78 Å². The largest absolute Gasteiger partial charge is 0.325 e. The zero-order valence-electron chi connectivity index (χ0n) is 11.9. The van der Waals surface area contributed by atoms with Crippen molar-refractivity contribution >= 4 is 52.2 Å². The highest BCUT2D eigenvalue weighted by Crippen LogP contribution is 2.37. The highest BCUT2D eigenvalue weighted by atomic mass is 35.6. The number of anilines is 1. The van der Waals surface area contributed by atoms with Gasteiger partial charge in [0.15, 0.2) is 0 Å². The molecular weight excluding hydrogens is 335 g/mol. The summed E-state index contributed by atoms with van der Waals surface area (Å²) in [4.78, 5) is 25.9. The molecule has 2 atom stereocenters. The normalized spacial score (nSPS) is 14.6. The van der Waals surface area contributed by atoms with E-state index < -0.39 is 21.7 Å². The standard InChI is InChI=1S/C14H17Cl3N2O2/c1-9(20)11(12(19(2)3)14(15,16)17)13(21)18-10-7-5-4-6-8-10/h4-8,11-12H,1-3H3,(H,18,21)/t11-,12+/m0/s1. The third kappa shape index (κ3) is 5.15. The summed E-state index contributed by atoms with van der Waals surface area (Å²) >= 11 is 17.8. The van der Waals surface area contributed by atoms with E-state index in [0.29, 0.717) is 5.69 Å². The number of hydrogen-bond acceptors (Lipinski definition) is 3. The Morgan fingerprint density at radius 3 is 2.05 bits per heavy atom. The SMILES string of the molecule is CC(=O)[C@H](C(=O)Nc1ccccc1)[C@@H](N(C)C)C(Cl)(Cl)Cl. The summed E-state index contributed by atoms with van der Waals surface area (Å²) in [5, 5.41) is 2.67. The highest BCUT2D eigenvalue weighted by molar-refractivity contribution is 6.68. The third-order valence-electron chi connectivity index (χ3n) is 2.97. The maximum absolute atomic E-state index is 12.4. The molecule has 4 nitrogen and oxygen atoms in total. The highest BCUT2D eigenvalue weighted by Gasteiger charge is 2.45. The van der Waals surface area contributed by atoms with Crippen LogP contribution in [0.4, 0.5) is 5.69 Å². The molecule has 0 saturated heterocycles. The minimum Gasteiger partial charge on any atom is -0.325 e. The summed E-state index contributed by atoms with van der Waals surface area (Å²) in [7, 11) is 3.30. The first-order valence-corrected chi connectivity index (χ1v) is 7.37. The Labute approximate surface area is 139 Å². The van der Waals surface area contributed by atoms with Gasteiger partial charge in [-0.05, 0) is 33.2 Å². The molecule has 0 aromatic heterocycles. The monoisotopic (exact) mass is 350 g/mol. The number of Topliss-reactive ketones (excluding diaryl/α,β-unsaturated/α-hetero) is 1. The van der Waals surface area contributed by atoms with Gasteiger partial charge in [-0.25, -0.2) is 0 Å². The zero-order chi connectivity index (χ0) is 16.2. The van der Waals surface area contributed by atoms with Gasteiger partial charge in [0.1, 0.15) is 11.7 Å². The average Bonchev–Trinajstić information content (AvgIpc) is 2.34. The average molecular weight is 352 g/mol. The second kappa shape index (κ2) is 7.45. The molecule has 0 unspecified atom stereocenters. The molecule has 0 bridgehead atoms. The number of alkyl halides is 3. The summed E-state index contributed by atoms with van der Waals surface area (Å²) in [6.07, 6.45) is 0. The van der Waals surface area contributed by atoms with Gasteiger partial charge in [-0.3, -0.25) is 9.59 Å². The maximum atomic E-state index is 12.4. The van der Waals surface area contributed by atoms with E-state index in [1.807, 2.05) is 6.07 Å². The van der Waals surface area contributed by atoms with Gasteiger partial charge in [-0.2, -0.15) is 0 Å². The fourth-order valence-electron chi connectivity index (χ4n) is 2.07. The van der Waals surface area contributed by atoms with E-state index in [0.717, 1.165) is 0 Å². The van der Waals surface area contributed by atoms with E-state index in [9.17, 15) is 9.59 Å². The van der Waals surface area contributed by atoms with Crippen LogP contribution < -0.4 is 5.32 Å². The first-order chi connectivity index (χ1) is 9.64. The van der Waals surface area contributed by atoms with Crippen molar-refractivity contribution in [2.24, 2.45) is 5.92 Å². The van der Waals surface area contributed by atoms with Crippen LogP contribution in [0.3, 0.4) is 0 Å². The Bertz CT molecular complexity index is 501. The van der Waals surface area contributed by atoms with Crippen LogP contribution in [0.15, 0.2) is 30.3 Å². The molecule has 21 heavy (non-hydrogen) atoms. The number of nitrogens with zero attached hydrogens (tertiary/aromatic N) is 1. The van der Waals surface area contributed by atoms with E-state index in [4.69, 9.17) is 34.8 Å². The number of halogens is 3. The molecule has 1 rings (SSSR count). The molecule has 1 aromatic rings. The van der Waals surface area contributed by atoms with Crippen molar-refractivity contribution in [1.29, 1.82) is 0 Å². The predicted molar refractivity (Wildman–Crippen MR) is 87.0 cm³/mol. The summed E-state index contributed by atoms with van der Waals surface area (Å²) in [6, 6.07) is 7.93. The van der Waals surface area contributed by atoms with E-state index in [2.05, 4.69) is 5.32 Å². The second-order valence-corrected chi connectivity index (χ2v) is 7.26. The molecule has 1 amide bonds. The van der Waals surface area contributed by atoms with Crippen LogP contribution >= 0.6 is 34.8 Å². The minimum absolute atomic E-state index is 0.367. The molecule has 0 aliphatic rings. The van der Waals surface area contributed by atoms with Crippen LogP contribution in [-0.2, 0) is 9.59 Å². The van der Waals surface area contributed by atoms with E-state index in [1.54, 1.807) is 43.3 Å². The van der Waals surface area contributed by atoms with Crippen molar-refractivity contribution in [3.05, 3.63) is 30.3 Å². The Morgan fingerprint density at radius 1 is 1.14 bits per heavy atom. The number of nitrogens with one attached hydrogen (secondary N) is 1. The van der Waals surface area contributed by atoms with Crippen LogP contribution in [0.2, 0.25) is 0 Å². The Kier molecular flexibility index (Phi) is 6.47. The van der Waals surface area contributed by atoms with Crippen molar-refractivity contribution in [1.82, 2.24) is 4.90 Å². The van der Waals surface area contributed by atoms with Crippen molar-refractivity contribution in [3.8, 4) is 0 Å². The lowest BCUT2D eigenvalue weighted by Gasteiger charge is -2.35. The molecule has 116 valence electrons. The Balaban J connectivity index is 3.05. The molecule has 0 aliphatic carbocycles. The van der Waals surface area contributed by atoms with Crippen LogP contribution in [0.25, 0.3) is 0 Å². The topological polar surface area (TPSA) is 49.4 Å². The quantitative estimate of drug-likeness (QED) is 0.655. The molecule has 0 spiro atoms. The number of rotatable bonds is 5. The van der Waals surface area contributed by atoms with Gasteiger partial charge >= 0.3 is 0 Å². The molecule has 7 heteroatoms. The Hall–Kier alpha value is -0.810. The van der Waals surface area contributed by atoms with Crippen molar-refractivity contribution in [3.63, 3.8) is 0 Å². The number of hydrogen-bond donors (Lipinski definition) is 1. The van der Waals surface area contributed by atoms with Crippen molar-refractivity contribution in [2.45, 2.75) is 16.8 Å². The van der Waals surface area contributed by atoms with Gasteiger partial charge in [0, 0.05) is 5.69 Å². The minimum atomic E-state index is -1.77. The Morgan fingerprint density at radius 2 is 1.67 bits per heavy atom. The second-order valence-electron chi connectivity index (χ2n) is 4.89. The van der Waals surface area contributed by atoms with E-state index in [1.165, 1.54) is 6.92 Å². The van der Waals surface area contributed by atoms with Gasteiger partial charge in [-0.1, -0.05) is 53.0 Å². The number of para-hydroxylation sites is 1. The number of carbonyl (C=O) groups excluding carboxylic acids is 2. The molecular formula is C14H17Cl3N2O2. The lowest BCUT2D eigenvalue weighted by Crippen LogP contribution is -2.52. The summed E-state index contributed by atoms with van der Waals surface area (Å²) < 4.78 is -1.77. The lowest BCUT2D eigenvalue weighted by atomic mass is 9.94. The smallest absolute Gasteiger partial charge is 0.236 e. The summed E-state index contributed by atoms with van der Waals surface area (Å²) in [6.45, 7) is 1.31. The fourth-order valence-corrected chi connectivity index (χ4v) is 3.04. The number of ketones is 1. The van der Waals surface area contributed by atoms with Gasteiger partial charge < -0.3 is 10.2 Å². The molecule has 0 heterocycles. The molecule has 0 fully saturated rings. The zero-order valence-corrected chi connectivity index (χ0v) is 14.2.